The van der Waals surface area contributed by atoms with E-state index in [0.29, 0.717) is 12.0 Å². The quantitative estimate of drug-likeness (QED) is 0.556. The molecule has 1 atom stereocenters. The van der Waals surface area contributed by atoms with Crippen molar-refractivity contribution < 1.29 is 23.0 Å². The molecule has 0 aliphatic rings. The zero-order valence-electron chi connectivity index (χ0n) is 10.7. The van der Waals surface area contributed by atoms with Crippen molar-refractivity contribution in [2.75, 3.05) is 7.11 Å². The van der Waals surface area contributed by atoms with Crippen molar-refractivity contribution in [3.05, 3.63) is 23.8 Å². The fourth-order valence-corrected chi connectivity index (χ4v) is 2.30. The van der Waals surface area contributed by atoms with E-state index < -0.39 is 6.61 Å². The number of rotatable bonds is 7. The van der Waals surface area contributed by atoms with Crippen LogP contribution in [0, 0.1) is 0 Å². The van der Waals surface area contributed by atoms with Crippen LogP contribution < -0.4 is 9.47 Å². The highest BCUT2D eigenvalue weighted by Crippen LogP contribution is 2.30. The summed E-state index contributed by atoms with van der Waals surface area (Å²) in [4.78, 5) is 11.8. The molecule has 0 saturated carbocycles. The number of halogens is 3. The Morgan fingerprint density at radius 2 is 2.05 bits per heavy atom. The summed E-state index contributed by atoms with van der Waals surface area (Å²) in [7, 11) is 1.33. The highest BCUT2D eigenvalue weighted by atomic mass is 79.9. The fourth-order valence-electron chi connectivity index (χ4n) is 1.58. The van der Waals surface area contributed by atoms with Crippen LogP contribution >= 0.6 is 15.9 Å². The minimum atomic E-state index is -2.93. The third-order valence-electron chi connectivity index (χ3n) is 2.49. The van der Waals surface area contributed by atoms with Crippen molar-refractivity contribution in [2.45, 2.75) is 31.2 Å². The molecule has 0 amide bonds. The first-order valence-corrected chi connectivity index (χ1v) is 6.72. The van der Waals surface area contributed by atoms with Crippen molar-refractivity contribution >= 4 is 21.7 Å². The Balaban J connectivity index is 2.96. The van der Waals surface area contributed by atoms with Gasteiger partial charge in [0.15, 0.2) is 17.3 Å². The predicted molar refractivity (Wildman–Crippen MR) is 71.6 cm³/mol. The Morgan fingerprint density at radius 3 is 2.58 bits per heavy atom. The highest BCUT2D eigenvalue weighted by molar-refractivity contribution is 9.10. The van der Waals surface area contributed by atoms with E-state index in [9.17, 15) is 13.6 Å². The summed E-state index contributed by atoms with van der Waals surface area (Å²) in [5.41, 5.74) is 0.397. The van der Waals surface area contributed by atoms with Crippen molar-refractivity contribution in [1.82, 2.24) is 0 Å². The molecule has 106 valence electrons. The molecule has 3 nitrogen and oxygen atoms in total. The molecule has 0 heterocycles. The van der Waals surface area contributed by atoms with Gasteiger partial charge >= 0.3 is 6.61 Å². The number of hydrogen-bond acceptors (Lipinski definition) is 3. The van der Waals surface area contributed by atoms with Gasteiger partial charge in [0.2, 0.25) is 0 Å². The van der Waals surface area contributed by atoms with E-state index in [4.69, 9.17) is 4.74 Å². The van der Waals surface area contributed by atoms with Gasteiger partial charge in [0.25, 0.3) is 0 Å². The van der Waals surface area contributed by atoms with Crippen LogP contribution in [0.15, 0.2) is 18.2 Å². The minimum Gasteiger partial charge on any atom is -0.493 e. The van der Waals surface area contributed by atoms with E-state index in [2.05, 4.69) is 20.7 Å². The van der Waals surface area contributed by atoms with Crippen LogP contribution in [0.25, 0.3) is 0 Å². The van der Waals surface area contributed by atoms with Gasteiger partial charge in [-0.1, -0.05) is 29.3 Å². The zero-order chi connectivity index (χ0) is 14.4. The Labute approximate surface area is 119 Å². The number of methoxy groups -OCH3 is 1. The van der Waals surface area contributed by atoms with E-state index in [0.717, 1.165) is 6.42 Å². The maximum atomic E-state index is 12.2. The lowest BCUT2D eigenvalue weighted by molar-refractivity contribution is -0.0512. The lowest BCUT2D eigenvalue weighted by Gasteiger charge is -2.12. The molecule has 1 aromatic rings. The van der Waals surface area contributed by atoms with E-state index in [-0.39, 0.29) is 22.1 Å². The molecule has 0 radical (unpaired) electrons. The molecule has 0 fully saturated rings. The SMILES string of the molecule is CCCC(Br)C(=O)c1ccc(OC(F)F)c(OC)c1. The van der Waals surface area contributed by atoms with Crippen molar-refractivity contribution in [3.63, 3.8) is 0 Å². The molecular weight excluding hydrogens is 322 g/mol. The third kappa shape index (κ3) is 4.45. The monoisotopic (exact) mass is 336 g/mol. The van der Waals surface area contributed by atoms with Crippen molar-refractivity contribution in [2.24, 2.45) is 0 Å². The second kappa shape index (κ2) is 7.43. The topological polar surface area (TPSA) is 35.5 Å². The first kappa shape index (κ1) is 15.9. The standard InChI is InChI=1S/C13H15BrF2O3/c1-3-4-9(14)12(17)8-5-6-10(19-13(15)16)11(7-8)18-2/h5-7,9,13H,3-4H2,1-2H3. The smallest absolute Gasteiger partial charge is 0.387 e. The van der Waals surface area contributed by atoms with Crippen LogP contribution in [0.3, 0.4) is 0 Å². The predicted octanol–water partition coefficient (Wildman–Crippen LogP) is 4.04. The maximum Gasteiger partial charge on any atom is 0.387 e. The molecular formula is C13H15BrF2O3. The summed E-state index contributed by atoms with van der Waals surface area (Å²) in [6.07, 6.45) is 1.57. The number of carbonyl (C=O) groups excluding carboxylic acids is 1. The number of hydrogen-bond donors (Lipinski definition) is 0. The van der Waals surface area contributed by atoms with E-state index >= 15 is 0 Å². The summed E-state index contributed by atoms with van der Waals surface area (Å²) in [5, 5.41) is 0. The lowest BCUT2D eigenvalue weighted by Crippen LogP contribution is -2.14. The zero-order valence-corrected chi connectivity index (χ0v) is 12.2. The van der Waals surface area contributed by atoms with Crippen LogP contribution in [0.1, 0.15) is 30.1 Å². The van der Waals surface area contributed by atoms with Crippen LogP contribution in [0.5, 0.6) is 11.5 Å². The summed E-state index contributed by atoms with van der Waals surface area (Å²) in [6, 6.07) is 4.17. The summed E-state index contributed by atoms with van der Waals surface area (Å²) >= 11 is 3.30. The van der Waals surface area contributed by atoms with Gasteiger partial charge in [0.05, 0.1) is 11.9 Å². The van der Waals surface area contributed by atoms with E-state index in [1.807, 2.05) is 6.92 Å². The Kier molecular flexibility index (Phi) is 6.21. The fraction of sp³-hybridized carbons (Fsp3) is 0.462. The van der Waals surface area contributed by atoms with Gasteiger partial charge in [-0.15, -0.1) is 0 Å². The number of ether oxygens (including phenoxy) is 2. The Hall–Kier alpha value is -1.17. The van der Waals surface area contributed by atoms with Gasteiger partial charge in [-0.2, -0.15) is 8.78 Å². The highest BCUT2D eigenvalue weighted by Gasteiger charge is 2.19. The van der Waals surface area contributed by atoms with Gasteiger partial charge in [0.1, 0.15) is 0 Å². The number of benzene rings is 1. The van der Waals surface area contributed by atoms with E-state index in [1.54, 1.807) is 0 Å². The first-order valence-electron chi connectivity index (χ1n) is 5.80. The van der Waals surface area contributed by atoms with Crippen LogP contribution in [0.2, 0.25) is 0 Å². The normalized spacial score (nSPS) is 12.3. The summed E-state index contributed by atoms with van der Waals surface area (Å²) in [5.74, 6) is -0.0817. The molecule has 1 aromatic carbocycles. The third-order valence-corrected chi connectivity index (χ3v) is 3.36. The second-order valence-electron chi connectivity index (χ2n) is 3.86. The molecule has 0 saturated heterocycles. The first-order chi connectivity index (χ1) is 8.99. The average Bonchev–Trinajstić information content (AvgIpc) is 2.38. The van der Waals surface area contributed by atoms with Crippen LogP contribution in [-0.4, -0.2) is 24.3 Å². The molecule has 6 heteroatoms. The van der Waals surface area contributed by atoms with Crippen LogP contribution in [0.4, 0.5) is 8.78 Å². The molecule has 1 rings (SSSR count). The second-order valence-corrected chi connectivity index (χ2v) is 4.97. The molecule has 0 aliphatic carbocycles. The minimum absolute atomic E-state index is 0.0873. The maximum absolute atomic E-state index is 12.2. The Bertz CT molecular complexity index is 438. The van der Waals surface area contributed by atoms with Crippen molar-refractivity contribution in [1.29, 1.82) is 0 Å². The molecule has 0 bridgehead atoms. The van der Waals surface area contributed by atoms with Crippen LogP contribution in [-0.2, 0) is 0 Å². The van der Waals surface area contributed by atoms with Gasteiger partial charge in [-0.25, -0.2) is 0 Å². The molecule has 0 aliphatic heterocycles. The summed E-state index contributed by atoms with van der Waals surface area (Å²) in [6.45, 7) is -0.957. The summed E-state index contributed by atoms with van der Waals surface area (Å²) < 4.78 is 33.6. The molecule has 19 heavy (non-hydrogen) atoms. The number of ketones is 1. The van der Waals surface area contributed by atoms with Gasteiger partial charge in [0, 0.05) is 5.56 Å². The van der Waals surface area contributed by atoms with Gasteiger partial charge < -0.3 is 9.47 Å². The lowest BCUT2D eigenvalue weighted by atomic mass is 10.1. The number of alkyl halides is 3. The van der Waals surface area contributed by atoms with E-state index in [1.165, 1.54) is 25.3 Å². The molecule has 1 unspecified atom stereocenters. The largest absolute Gasteiger partial charge is 0.493 e. The molecule has 0 N–H and O–H groups in total. The van der Waals surface area contributed by atoms with Crippen molar-refractivity contribution in [3.8, 4) is 11.5 Å². The average molecular weight is 337 g/mol. The van der Waals surface area contributed by atoms with Gasteiger partial charge in [-0.3, -0.25) is 4.79 Å². The Morgan fingerprint density at radius 1 is 1.37 bits per heavy atom. The number of carbonyl (C=O) groups is 1. The van der Waals surface area contributed by atoms with Gasteiger partial charge in [-0.05, 0) is 24.6 Å². The molecule has 0 aromatic heterocycles. The molecule has 0 spiro atoms. The number of Topliss-reactive ketones (excluding diaryl/α,β-unsaturated/α-hetero) is 1.